The van der Waals surface area contributed by atoms with Gasteiger partial charge in [-0.1, -0.05) is 17.7 Å². The van der Waals surface area contributed by atoms with Crippen LogP contribution in [0.4, 0.5) is 18.9 Å². The van der Waals surface area contributed by atoms with Crippen LogP contribution < -0.4 is 4.74 Å². The molecule has 0 saturated heterocycles. The minimum absolute atomic E-state index is 0.325. The first-order valence-corrected chi connectivity index (χ1v) is 7.59. The molecule has 0 spiro atoms. The van der Waals surface area contributed by atoms with Gasteiger partial charge in [-0.05, 0) is 30.3 Å². The second-order valence-corrected chi connectivity index (χ2v) is 5.53. The van der Waals surface area contributed by atoms with Gasteiger partial charge in [-0.3, -0.25) is 10.1 Å². The van der Waals surface area contributed by atoms with Crippen LogP contribution in [0.5, 0.6) is 11.5 Å². The summed E-state index contributed by atoms with van der Waals surface area (Å²) in [6.45, 7) is -1.02. The first-order chi connectivity index (χ1) is 13.0. The number of alkyl halides is 3. The lowest BCUT2D eigenvalue weighted by molar-refractivity contribution is -0.386. The summed E-state index contributed by atoms with van der Waals surface area (Å²) in [6, 6.07) is 5.37. The Balaban J connectivity index is 2.41. The summed E-state index contributed by atoms with van der Waals surface area (Å²) in [4.78, 5) is 32.8. The zero-order valence-electron chi connectivity index (χ0n) is 13.5. The number of nitrogens with zero attached hydrogens (tertiary/aromatic N) is 1. The van der Waals surface area contributed by atoms with Crippen LogP contribution in [-0.2, 0) is 15.7 Å². The molecule has 0 aromatic heterocycles. The van der Waals surface area contributed by atoms with Gasteiger partial charge in [0.2, 0.25) is 5.75 Å². The number of ether oxygens (including phenoxy) is 2. The number of halogens is 4. The standard InChI is InChI=1S/C16H9ClF3NO7/c17-10-6-8(16(18,19)20)4-5-11(10)28-12-3-1-2-9(14(12)21(25)26)15(24)27-7-13(22)23/h1-6H,7H2,(H,22,23). The van der Waals surface area contributed by atoms with E-state index in [-0.39, 0.29) is 5.75 Å². The molecule has 8 nitrogen and oxygen atoms in total. The second-order valence-electron chi connectivity index (χ2n) is 5.12. The average Bonchev–Trinajstić information content (AvgIpc) is 2.60. The predicted octanol–water partition coefficient (Wildman–Crippen LogP) is 4.30. The van der Waals surface area contributed by atoms with E-state index in [2.05, 4.69) is 4.74 Å². The van der Waals surface area contributed by atoms with E-state index in [0.717, 1.165) is 18.2 Å². The van der Waals surface area contributed by atoms with E-state index in [9.17, 15) is 32.9 Å². The van der Waals surface area contributed by atoms with Crippen molar-refractivity contribution in [1.29, 1.82) is 0 Å². The summed E-state index contributed by atoms with van der Waals surface area (Å²) in [5, 5.41) is 19.4. The van der Waals surface area contributed by atoms with Gasteiger partial charge in [0.05, 0.1) is 15.5 Å². The number of benzene rings is 2. The van der Waals surface area contributed by atoms with Crippen LogP contribution in [0.15, 0.2) is 36.4 Å². The van der Waals surface area contributed by atoms with Gasteiger partial charge >= 0.3 is 23.8 Å². The van der Waals surface area contributed by atoms with Gasteiger partial charge in [-0.2, -0.15) is 13.2 Å². The van der Waals surface area contributed by atoms with Crippen LogP contribution >= 0.6 is 11.6 Å². The van der Waals surface area contributed by atoms with Gasteiger partial charge in [-0.25, -0.2) is 9.59 Å². The number of carboxylic acid groups (broad SMARTS) is 1. The molecule has 0 unspecified atom stereocenters. The quantitative estimate of drug-likeness (QED) is 0.421. The SMILES string of the molecule is O=C(O)COC(=O)c1cccc(Oc2ccc(C(F)(F)F)cc2Cl)c1[N+](=O)[O-]. The highest BCUT2D eigenvalue weighted by Crippen LogP contribution is 2.39. The number of nitro groups is 1. The highest BCUT2D eigenvalue weighted by atomic mass is 35.5. The Morgan fingerprint density at radius 2 is 1.86 bits per heavy atom. The summed E-state index contributed by atoms with van der Waals surface area (Å²) < 4.78 is 47.7. The fourth-order valence-electron chi connectivity index (χ4n) is 2.04. The van der Waals surface area contributed by atoms with Gasteiger partial charge in [0.1, 0.15) is 11.3 Å². The summed E-state index contributed by atoms with van der Waals surface area (Å²) in [7, 11) is 0. The Kier molecular flexibility index (Phi) is 6.09. The van der Waals surface area contributed by atoms with E-state index < -0.39 is 57.2 Å². The van der Waals surface area contributed by atoms with Gasteiger partial charge in [0.15, 0.2) is 6.61 Å². The molecule has 148 valence electrons. The molecule has 1 N–H and O–H groups in total. The maximum atomic E-state index is 12.7. The van der Waals surface area contributed by atoms with Gasteiger partial charge in [0.25, 0.3) is 0 Å². The molecule has 0 radical (unpaired) electrons. The molecular formula is C16H9ClF3NO7. The monoisotopic (exact) mass is 419 g/mol. The van der Waals surface area contributed by atoms with Crippen LogP contribution in [0, 0.1) is 10.1 Å². The highest BCUT2D eigenvalue weighted by Gasteiger charge is 2.32. The summed E-state index contributed by atoms with van der Waals surface area (Å²) in [6.07, 6.45) is -4.65. The van der Waals surface area contributed by atoms with E-state index in [4.69, 9.17) is 21.4 Å². The van der Waals surface area contributed by atoms with Crippen LogP contribution in [0.2, 0.25) is 5.02 Å². The summed E-state index contributed by atoms with van der Waals surface area (Å²) >= 11 is 5.75. The van der Waals surface area contributed by atoms with Crippen molar-refractivity contribution in [3.63, 3.8) is 0 Å². The van der Waals surface area contributed by atoms with Crippen molar-refractivity contribution in [2.75, 3.05) is 6.61 Å². The number of carbonyl (C=O) groups excluding carboxylic acids is 1. The Morgan fingerprint density at radius 3 is 2.39 bits per heavy atom. The van der Waals surface area contributed by atoms with Crippen molar-refractivity contribution in [1.82, 2.24) is 0 Å². The van der Waals surface area contributed by atoms with E-state index in [1.807, 2.05) is 0 Å². The van der Waals surface area contributed by atoms with Crippen molar-refractivity contribution in [3.8, 4) is 11.5 Å². The number of hydrogen-bond donors (Lipinski definition) is 1. The van der Waals surface area contributed by atoms with E-state index in [1.54, 1.807) is 0 Å². The van der Waals surface area contributed by atoms with Crippen LogP contribution in [0.3, 0.4) is 0 Å². The number of rotatable bonds is 6. The molecule has 0 heterocycles. The average molecular weight is 420 g/mol. The fraction of sp³-hybridized carbons (Fsp3) is 0.125. The predicted molar refractivity (Wildman–Crippen MR) is 87.5 cm³/mol. The number of nitro benzene ring substituents is 1. The molecule has 0 saturated carbocycles. The molecule has 2 aromatic carbocycles. The molecule has 28 heavy (non-hydrogen) atoms. The minimum atomic E-state index is -4.65. The van der Waals surface area contributed by atoms with Crippen LogP contribution in [0.25, 0.3) is 0 Å². The highest BCUT2D eigenvalue weighted by molar-refractivity contribution is 6.32. The zero-order chi connectivity index (χ0) is 21.1. The van der Waals surface area contributed by atoms with Crippen molar-refractivity contribution in [2.24, 2.45) is 0 Å². The van der Waals surface area contributed by atoms with Crippen LogP contribution in [-0.4, -0.2) is 28.6 Å². The number of para-hydroxylation sites is 1. The summed E-state index contributed by atoms with van der Waals surface area (Å²) in [5.74, 6) is -3.59. The Hall–Kier alpha value is -3.34. The Bertz CT molecular complexity index is 946. The van der Waals surface area contributed by atoms with Gasteiger partial charge in [-0.15, -0.1) is 0 Å². The molecule has 0 aliphatic heterocycles. The largest absolute Gasteiger partial charge is 0.479 e. The molecule has 0 atom stereocenters. The number of carbonyl (C=O) groups is 2. The molecule has 0 bridgehead atoms. The molecule has 0 aliphatic carbocycles. The number of hydrogen-bond acceptors (Lipinski definition) is 6. The molecule has 0 amide bonds. The Labute approximate surface area is 159 Å². The normalized spacial score (nSPS) is 11.0. The van der Waals surface area contributed by atoms with Crippen LogP contribution in [0.1, 0.15) is 15.9 Å². The van der Waals surface area contributed by atoms with E-state index in [0.29, 0.717) is 12.1 Å². The van der Waals surface area contributed by atoms with Gasteiger partial charge < -0.3 is 14.6 Å². The second kappa shape index (κ2) is 8.13. The maximum absolute atomic E-state index is 12.7. The number of carboxylic acids is 1. The third-order valence-corrected chi connectivity index (χ3v) is 3.50. The zero-order valence-corrected chi connectivity index (χ0v) is 14.3. The molecule has 2 rings (SSSR count). The molecule has 12 heteroatoms. The van der Waals surface area contributed by atoms with Crippen molar-refractivity contribution >= 4 is 29.2 Å². The first kappa shape index (κ1) is 21.0. The lowest BCUT2D eigenvalue weighted by atomic mass is 10.1. The van der Waals surface area contributed by atoms with E-state index >= 15 is 0 Å². The third kappa shape index (κ3) is 4.88. The third-order valence-electron chi connectivity index (χ3n) is 3.21. The smallest absolute Gasteiger partial charge is 0.416 e. The minimum Gasteiger partial charge on any atom is -0.479 e. The van der Waals surface area contributed by atoms with Crippen molar-refractivity contribution in [2.45, 2.75) is 6.18 Å². The lowest BCUT2D eigenvalue weighted by Crippen LogP contribution is -2.14. The maximum Gasteiger partial charge on any atom is 0.416 e. The molecule has 2 aromatic rings. The first-order valence-electron chi connectivity index (χ1n) is 7.21. The topological polar surface area (TPSA) is 116 Å². The molecular weight excluding hydrogens is 411 g/mol. The Morgan fingerprint density at radius 1 is 1.18 bits per heavy atom. The summed E-state index contributed by atoms with van der Waals surface area (Å²) in [5.41, 5.74) is -2.52. The fourth-order valence-corrected chi connectivity index (χ4v) is 2.26. The van der Waals surface area contributed by atoms with Crippen molar-refractivity contribution < 1.29 is 42.3 Å². The van der Waals surface area contributed by atoms with Gasteiger partial charge in [0, 0.05) is 0 Å². The van der Waals surface area contributed by atoms with E-state index in [1.165, 1.54) is 6.07 Å². The number of aliphatic carboxylic acids is 1. The molecule has 0 fully saturated rings. The lowest BCUT2D eigenvalue weighted by Gasteiger charge is -2.12. The number of esters is 1. The van der Waals surface area contributed by atoms with Crippen molar-refractivity contribution in [3.05, 3.63) is 62.7 Å². The molecule has 0 aliphatic rings.